The zero-order valence-electron chi connectivity index (χ0n) is 8.31. The average molecular weight is 288 g/mol. The van der Waals surface area contributed by atoms with E-state index in [2.05, 4.69) is 26.2 Å². The zero-order valence-corrected chi connectivity index (χ0v) is 9.90. The van der Waals surface area contributed by atoms with Gasteiger partial charge >= 0.3 is 0 Å². The molecule has 0 aliphatic carbocycles. The first-order valence-corrected chi connectivity index (χ1v) is 5.25. The molecule has 0 atom stereocenters. The molecule has 2 aromatic rings. The van der Waals surface area contributed by atoms with Crippen LogP contribution in [0.15, 0.2) is 16.7 Å². The Labute approximate surface area is 98.8 Å². The standard InChI is InChI=1S/C10H8BrF2N3/c1-15-10-6(14)3-16-9-5(13)2-4(12)8(11)7(9)10/h2-3H,14H2,1H3,(H,15,16). The SMILES string of the molecule is CNc1c(N)cnc2c(F)cc(F)c(Br)c12. The van der Waals surface area contributed by atoms with Crippen molar-refractivity contribution >= 4 is 38.2 Å². The van der Waals surface area contributed by atoms with E-state index in [1.54, 1.807) is 7.05 Å². The maximum Gasteiger partial charge on any atom is 0.152 e. The first-order chi connectivity index (χ1) is 7.56. The lowest BCUT2D eigenvalue weighted by molar-refractivity contribution is 0.586. The Kier molecular flexibility index (Phi) is 2.67. The maximum atomic E-state index is 13.5. The lowest BCUT2D eigenvalue weighted by Gasteiger charge is -2.11. The van der Waals surface area contributed by atoms with Gasteiger partial charge in [0.05, 0.1) is 22.0 Å². The molecule has 0 saturated carbocycles. The Balaban J connectivity index is 3.01. The summed E-state index contributed by atoms with van der Waals surface area (Å²) < 4.78 is 27.0. The van der Waals surface area contributed by atoms with Crippen LogP contribution in [0.4, 0.5) is 20.2 Å². The van der Waals surface area contributed by atoms with Crippen LogP contribution in [0.5, 0.6) is 0 Å². The molecule has 2 rings (SSSR count). The molecule has 1 aromatic carbocycles. The molecular weight excluding hydrogens is 280 g/mol. The molecule has 16 heavy (non-hydrogen) atoms. The quantitative estimate of drug-likeness (QED) is 0.793. The van der Waals surface area contributed by atoms with Crippen LogP contribution in [0.25, 0.3) is 10.9 Å². The Hall–Kier alpha value is -1.43. The van der Waals surface area contributed by atoms with E-state index in [1.807, 2.05) is 0 Å². The topological polar surface area (TPSA) is 50.9 Å². The number of nitrogens with two attached hydrogens (primary N) is 1. The van der Waals surface area contributed by atoms with Gasteiger partial charge in [-0.2, -0.15) is 0 Å². The predicted octanol–water partition coefficient (Wildman–Crippen LogP) is 2.90. The van der Waals surface area contributed by atoms with Gasteiger partial charge in [0.1, 0.15) is 11.3 Å². The van der Waals surface area contributed by atoms with Crippen molar-refractivity contribution < 1.29 is 8.78 Å². The summed E-state index contributed by atoms with van der Waals surface area (Å²) in [6, 6.07) is 0.787. The van der Waals surface area contributed by atoms with E-state index in [0.29, 0.717) is 16.8 Å². The maximum absolute atomic E-state index is 13.5. The molecule has 0 saturated heterocycles. The fourth-order valence-corrected chi connectivity index (χ4v) is 2.05. The van der Waals surface area contributed by atoms with Crippen molar-refractivity contribution in [3.8, 4) is 0 Å². The van der Waals surface area contributed by atoms with Crippen LogP contribution in [0.2, 0.25) is 0 Å². The number of nitrogen functional groups attached to an aromatic ring is 1. The number of hydrogen-bond donors (Lipinski definition) is 2. The zero-order chi connectivity index (χ0) is 11.9. The summed E-state index contributed by atoms with van der Waals surface area (Å²) in [6.45, 7) is 0. The number of pyridine rings is 1. The molecule has 0 aliphatic heterocycles. The second-order valence-electron chi connectivity index (χ2n) is 3.22. The minimum absolute atomic E-state index is 0.0758. The van der Waals surface area contributed by atoms with Crippen LogP contribution in [-0.2, 0) is 0 Å². The van der Waals surface area contributed by atoms with Crippen molar-refractivity contribution in [2.24, 2.45) is 0 Å². The second-order valence-corrected chi connectivity index (χ2v) is 4.01. The van der Waals surface area contributed by atoms with E-state index in [0.717, 1.165) is 6.07 Å². The molecule has 0 radical (unpaired) electrons. The van der Waals surface area contributed by atoms with Gasteiger partial charge in [0, 0.05) is 18.5 Å². The molecule has 0 bridgehead atoms. The van der Waals surface area contributed by atoms with Crippen molar-refractivity contribution in [3.63, 3.8) is 0 Å². The first-order valence-electron chi connectivity index (χ1n) is 4.45. The molecule has 0 aliphatic rings. The molecule has 0 spiro atoms. The van der Waals surface area contributed by atoms with E-state index in [-0.39, 0.29) is 9.99 Å². The fourth-order valence-electron chi connectivity index (χ4n) is 1.55. The van der Waals surface area contributed by atoms with Gasteiger partial charge in [-0.15, -0.1) is 0 Å². The monoisotopic (exact) mass is 287 g/mol. The van der Waals surface area contributed by atoms with Crippen LogP contribution in [0, 0.1) is 11.6 Å². The van der Waals surface area contributed by atoms with Crippen molar-refractivity contribution in [1.82, 2.24) is 4.98 Å². The molecule has 1 aromatic heterocycles. The van der Waals surface area contributed by atoms with Gasteiger partial charge in [-0.1, -0.05) is 0 Å². The number of rotatable bonds is 1. The highest BCUT2D eigenvalue weighted by Gasteiger charge is 2.16. The number of hydrogen-bond acceptors (Lipinski definition) is 3. The number of nitrogens with zero attached hydrogens (tertiary/aromatic N) is 1. The van der Waals surface area contributed by atoms with Crippen molar-refractivity contribution in [2.75, 3.05) is 18.1 Å². The summed E-state index contributed by atoms with van der Waals surface area (Å²) in [5.74, 6) is -1.40. The molecule has 3 N–H and O–H groups in total. The molecule has 84 valence electrons. The minimum Gasteiger partial charge on any atom is -0.396 e. The summed E-state index contributed by atoms with van der Waals surface area (Å²) in [7, 11) is 1.63. The molecule has 6 heteroatoms. The summed E-state index contributed by atoms with van der Waals surface area (Å²) in [4.78, 5) is 3.85. The second kappa shape index (κ2) is 3.86. The summed E-state index contributed by atoms with van der Waals surface area (Å²) in [5.41, 5.74) is 6.54. The largest absolute Gasteiger partial charge is 0.396 e. The molecular formula is C10H8BrF2N3. The third-order valence-electron chi connectivity index (χ3n) is 2.27. The molecule has 3 nitrogen and oxygen atoms in total. The highest BCUT2D eigenvalue weighted by molar-refractivity contribution is 9.10. The lowest BCUT2D eigenvalue weighted by atomic mass is 10.1. The summed E-state index contributed by atoms with van der Waals surface area (Å²) in [6.07, 6.45) is 1.33. The summed E-state index contributed by atoms with van der Waals surface area (Å²) in [5, 5.41) is 3.11. The normalized spacial score (nSPS) is 10.8. The van der Waals surface area contributed by atoms with Gasteiger partial charge < -0.3 is 11.1 Å². The van der Waals surface area contributed by atoms with Crippen LogP contribution >= 0.6 is 15.9 Å². The molecule has 0 unspecified atom stereocenters. The van der Waals surface area contributed by atoms with Gasteiger partial charge in [0.15, 0.2) is 5.82 Å². The Morgan fingerprint density at radius 3 is 2.69 bits per heavy atom. The minimum atomic E-state index is -0.716. The van der Waals surface area contributed by atoms with E-state index in [1.165, 1.54) is 6.20 Å². The first kappa shape index (κ1) is 11.1. The number of nitrogens with one attached hydrogen (secondary N) is 1. The smallest absolute Gasteiger partial charge is 0.152 e. The third kappa shape index (κ3) is 1.49. The average Bonchev–Trinajstić information content (AvgIpc) is 2.25. The Morgan fingerprint density at radius 1 is 1.38 bits per heavy atom. The van der Waals surface area contributed by atoms with Crippen molar-refractivity contribution in [2.45, 2.75) is 0 Å². The number of benzene rings is 1. The molecule has 0 amide bonds. The van der Waals surface area contributed by atoms with Crippen LogP contribution in [0.3, 0.4) is 0 Å². The molecule has 0 fully saturated rings. The van der Waals surface area contributed by atoms with Crippen molar-refractivity contribution in [3.05, 3.63) is 28.4 Å². The van der Waals surface area contributed by atoms with Gasteiger partial charge in [0.25, 0.3) is 0 Å². The predicted molar refractivity (Wildman–Crippen MR) is 63.3 cm³/mol. The van der Waals surface area contributed by atoms with Crippen LogP contribution in [-0.4, -0.2) is 12.0 Å². The van der Waals surface area contributed by atoms with E-state index >= 15 is 0 Å². The third-order valence-corrected chi connectivity index (χ3v) is 3.04. The number of anilines is 2. The highest BCUT2D eigenvalue weighted by atomic mass is 79.9. The van der Waals surface area contributed by atoms with Crippen LogP contribution < -0.4 is 11.1 Å². The number of fused-ring (bicyclic) bond motifs is 1. The van der Waals surface area contributed by atoms with Gasteiger partial charge in [-0.3, -0.25) is 4.98 Å². The highest BCUT2D eigenvalue weighted by Crippen LogP contribution is 2.36. The van der Waals surface area contributed by atoms with Crippen LogP contribution in [0.1, 0.15) is 0 Å². The van der Waals surface area contributed by atoms with E-state index < -0.39 is 11.6 Å². The number of aromatic nitrogens is 1. The lowest BCUT2D eigenvalue weighted by Crippen LogP contribution is -2.00. The van der Waals surface area contributed by atoms with Gasteiger partial charge in [0.2, 0.25) is 0 Å². The van der Waals surface area contributed by atoms with Crippen molar-refractivity contribution in [1.29, 1.82) is 0 Å². The number of halogens is 3. The summed E-state index contributed by atoms with van der Waals surface area (Å²) >= 11 is 3.06. The van der Waals surface area contributed by atoms with Gasteiger partial charge in [-0.05, 0) is 15.9 Å². The fraction of sp³-hybridized carbons (Fsp3) is 0.100. The molecule has 1 heterocycles. The Bertz CT molecular complexity index is 572. The Morgan fingerprint density at radius 2 is 2.06 bits per heavy atom. The van der Waals surface area contributed by atoms with E-state index in [4.69, 9.17) is 5.73 Å². The van der Waals surface area contributed by atoms with Gasteiger partial charge in [-0.25, -0.2) is 8.78 Å². The van der Waals surface area contributed by atoms with E-state index in [9.17, 15) is 8.78 Å².